The summed E-state index contributed by atoms with van der Waals surface area (Å²) in [7, 11) is 4.72. The van der Waals surface area contributed by atoms with Crippen LogP contribution in [0.15, 0.2) is 54.6 Å². The number of ether oxygens (including phenoxy) is 3. The summed E-state index contributed by atoms with van der Waals surface area (Å²) >= 11 is 0. The second-order valence-electron chi connectivity index (χ2n) is 9.40. The Hall–Kier alpha value is -4.05. The molecule has 3 rings (SSSR count). The number of rotatable bonds is 10. The first-order valence-electron chi connectivity index (χ1n) is 11.9. The Morgan fingerprint density at radius 3 is 2.05 bits per heavy atom. The molecule has 0 saturated heterocycles. The lowest BCUT2D eigenvalue weighted by molar-refractivity contribution is -0.116. The van der Waals surface area contributed by atoms with Gasteiger partial charge in [-0.15, -0.1) is 0 Å². The molecule has 3 amide bonds. The van der Waals surface area contributed by atoms with E-state index >= 15 is 0 Å². The molecule has 0 atom stereocenters. The largest absolute Gasteiger partial charge is 0.497 e. The summed E-state index contributed by atoms with van der Waals surface area (Å²) < 4.78 is 17.2. The quantitative estimate of drug-likeness (QED) is 0.422. The number of urea groups is 1. The zero-order chi connectivity index (χ0) is 27.0. The second kappa shape index (κ2) is 12.3. The number of nitrogens with one attached hydrogen (secondary N) is 2. The third-order valence-electron chi connectivity index (χ3n) is 5.59. The maximum absolute atomic E-state index is 13.1. The normalized spacial score (nSPS) is 11.1. The van der Waals surface area contributed by atoms with Crippen molar-refractivity contribution in [2.75, 3.05) is 51.7 Å². The predicted molar refractivity (Wildman–Crippen MR) is 143 cm³/mol. The summed E-state index contributed by atoms with van der Waals surface area (Å²) in [5, 5.41) is 10.5. The minimum Gasteiger partial charge on any atom is -0.497 e. The van der Waals surface area contributed by atoms with Crippen LogP contribution < -0.4 is 20.1 Å². The van der Waals surface area contributed by atoms with E-state index in [4.69, 9.17) is 19.3 Å². The summed E-state index contributed by atoms with van der Waals surface area (Å²) in [6.07, 6.45) is 0. The van der Waals surface area contributed by atoms with E-state index in [2.05, 4.69) is 31.4 Å². The Bertz CT molecular complexity index is 1180. The average molecular weight is 510 g/mol. The topological polar surface area (TPSA) is 107 Å². The molecule has 0 aliphatic rings. The molecular formula is C27H35N5O5. The van der Waals surface area contributed by atoms with Crippen molar-refractivity contribution in [3.63, 3.8) is 0 Å². The van der Waals surface area contributed by atoms with Gasteiger partial charge >= 0.3 is 6.03 Å². The zero-order valence-electron chi connectivity index (χ0n) is 22.2. The van der Waals surface area contributed by atoms with Crippen LogP contribution in [0.4, 0.5) is 16.3 Å². The number of aromatic nitrogens is 2. The Kier molecular flexibility index (Phi) is 9.13. The van der Waals surface area contributed by atoms with Gasteiger partial charge in [-0.2, -0.15) is 5.10 Å². The van der Waals surface area contributed by atoms with Crippen LogP contribution in [0.5, 0.6) is 11.5 Å². The molecule has 0 bridgehead atoms. The van der Waals surface area contributed by atoms with Crippen LogP contribution in [-0.4, -0.2) is 67.6 Å². The van der Waals surface area contributed by atoms with Crippen molar-refractivity contribution in [3.8, 4) is 17.2 Å². The molecule has 0 spiro atoms. The monoisotopic (exact) mass is 509 g/mol. The van der Waals surface area contributed by atoms with Crippen molar-refractivity contribution in [1.29, 1.82) is 0 Å². The molecule has 0 radical (unpaired) electrons. The fraction of sp³-hybridized carbons (Fsp3) is 0.370. The first-order chi connectivity index (χ1) is 17.6. The van der Waals surface area contributed by atoms with Crippen LogP contribution in [0, 0.1) is 0 Å². The van der Waals surface area contributed by atoms with Crippen molar-refractivity contribution in [1.82, 2.24) is 14.7 Å². The minimum absolute atomic E-state index is 0.177. The lowest BCUT2D eigenvalue weighted by Gasteiger charge is -2.22. The highest BCUT2D eigenvalue weighted by molar-refractivity contribution is 5.96. The Balaban J connectivity index is 1.79. The third-order valence-corrected chi connectivity index (χ3v) is 5.59. The summed E-state index contributed by atoms with van der Waals surface area (Å²) in [5.41, 5.74) is 1.92. The van der Waals surface area contributed by atoms with E-state index in [0.29, 0.717) is 23.0 Å². The third kappa shape index (κ3) is 7.47. The highest BCUT2D eigenvalue weighted by Gasteiger charge is 2.23. The molecule has 10 nitrogen and oxygen atoms in total. The first kappa shape index (κ1) is 27.5. The van der Waals surface area contributed by atoms with E-state index in [1.54, 1.807) is 50.3 Å². The highest BCUT2D eigenvalue weighted by atomic mass is 16.5. The zero-order valence-corrected chi connectivity index (χ0v) is 22.2. The number of benzene rings is 2. The van der Waals surface area contributed by atoms with Crippen molar-refractivity contribution in [2.24, 2.45) is 0 Å². The van der Waals surface area contributed by atoms with Gasteiger partial charge in [-0.05, 0) is 48.5 Å². The van der Waals surface area contributed by atoms with Crippen LogP contribution in [0.25, 0.3) is 5.69 Å². The summed E-state index contributed by atoms with van der Waals surface area (Å²) in [6.45, 7) is 6.49. The van der Waals surface area contributed by atoms with Gasteiger partial charge in [0.25, 0.3) is 0 Å². The molecule has 0 aliphatic heterocycles. The first-order valence-corrected chi connectivity index (χ1v) is 11.9. The van der Waals surface area contributed by atoms with Crippen LogP contribution in [0.2, 0.25) is 0 Å². The van der Waals surface area contributed by atoms with Crippen LogP contribution in [-0.2, 0) is 14.9 Å². The maximum atomic E-state index is 13.1. The number of amides is 3. The number of methoxy groups -OCH3 is 3. The van der Waals surface area contributed by atoms with Gasteiger partial charge in [0.2, 0.25) is 5.91 Å². The van der Waals surface area contributed by atoms with E-state index in [1.165, 1.54) is 4.90 Å². The molecule has 2 aromatic carbocycles. The number of hydrogen-bond donors (Lipinski definition) is 2. The van der Waals surface area contributed by atoms with E-state index in [-0.39, 0.29) is 31.0 Å². The van der Waals surface area contributed by atoms with E-state index in [0.717, 1.165) is 11.4 Å². The van der Waals surface area contributed by atoms with Gasteiger partial charge in [0.15, 0.2) is 0 Å². The van der Waals surface area contributed by atoms with Crippen LogP contribution in [0.1, 0.15) is 26.5 Å². The van der Waals surface area contributed by atoms with Gasteiger partial charge in [-0.25, -0.2) is 9.48 Å². The van der Waals surface area contributed by atoms with Crippen molar-refractivity contribution >= 4 is 23.4 Å². The minimum atomic E-state index is -0.420. The molecule has 3 aromatic rings. The number of hydrogen-bond acceptors (Lipinski definition) is 6. The molecule has 0 aliphatic carbocycles. The van der Waals surface area contributed by atoms with Gasteiger partial charge in [-0.1, -0.05) is 20.8 Å². The highest BCUT2D eigenvalue weighted by Crippen LogP contribution is 2.27. The van der Waals surface area contributed by atoms with Gasteiger partial charge in [-0.3, -0.25) is 4.79 Å². The maximum Gasteiger partial charge on any atom is 0.322 e. The molecule has 0 fully saturated rings. The van der Waals surface area contributed by atoms with E-state index in [9.17, 15) is 9.59 Å². The number of carbonyl (C=O) groups excluding carboxylic acids is 2. The SMILES string of the molecule is COCCN(CC(=O)Nc1cc(C(C)(C)C)nn1-c1ccc(OC)cc1)C(=O)Nc1ccc(OC)cc1. The smallest absolute Gasteiger partial charge is 0.322 e. The van der Waals surface area contributed by atoms with Crippen LogP contribution >= 0.6 is 0 Å². The molecule has 37 heavy (non-hydrogen) atoms. The van der Waals surface area contributed by atoms with Gasteiger partial charge < -0.3 is 29.7 Å². The summed E-state index contributed by atoms with van der Waals surface area (Å²) in [5.74, 6) is 1.53. The van der Waals surface area contributed by atoms with Gasteiger partial charge in [0.05, 0.1) is 32.2 Å². The Labute approximate surface area is 217 Å². The van der Waals surface area contributed by atoms with E-state index in [1.807, 2.05) is 30.3 Å². The Morgan fingerprint density at radius 2 is 1.51 bits per heavy atom. The number of anilines is 2. The molecule has 10 heteroatoms. The van der Waals surface area contributed by atoms with Crippen LogP contribution in [0.3, 0.4) is 0 Å². The summed E-state index contributed by atoms with van der Waals surface area (Å²) in [4.78, 5) is 27.5. The van der Waals surface area contributed by atoms with Crippen molar-refractivity contribution in [2.45, 2.75) is 26.2 Å². The van der Waals surface area contributed by atoms with Crippen molar-refractivity contribution in [3.05, 3.63) is 60.3 Å². The lowest BCUT2D eigenvalue weighted by Crippen LogP contribution is -2.42. The molecular weight excluding hydrogens is 474 g/mol. The van der Waals surface area contributed by atoms with E-state index < -0.39 is 6.03 Å². The Morgan fingerprint density at radius 1 is 0.919 bits per heavy atom. The molecule has 2 N–H and O–H groups in total. The van der Waals surface area contributed by atoms with Gasteiger partial charge in [0, 0.05) is 30.8 Å². The molecule has 1 heterocycles. The fourth-order valence-electron chi connectivity index (χ4n) is 3.44. The second-order valence-corrected chi connectivity index (χ2v) is 9.40. The standard InChI is InChI=1S/C27H35N5O5/c1-27(2,3)23-17-24(32(30-23)20-9-13-22(37-6)14-10-20)29-25(33)18-31(15-16-35-4)26(34)28-19-7-11-21(36-5)12-8-19/h7-14,17H,15-16,18H2,1-6H3,(H,28,34)(H,29,33). The number of carbonyl (C=O) groups is 2. The average Bonchev–Trinajstić information content (AvgIpc) is 3.31. The number of nitrogens with zero attached hydrogens (tertiary/aromatic N) is 3. The molecule has 0 unspecified atom stereocenters. The van der Waals surface area contributed by atoms with Crippen molar-refractivity contribution < 1.29 is 23.8 Å². The molecule has 198 valence electrons. The lowest BCUT2D eigenvalue weighted by atomic mass is 9.92. The molecule has 1 aromatic heterocycles. The fourth-order valence-corrected chi connectivity index (χ4v) is 3.44. The van der Waals surface area contributed by atoms with Gasteiger partial charge in [0.1, 0.15) is 23.9 Å². The summed E-state index contributed by atoms with van der Waals surface area (Å²) in [6, 6.07) is 15.8. The molecule has 0 saturated carbocycles. The predicted octanol–water partition coefficient (Wildman–Crippen LogP) is 4.31.